The van der Waals surface area contributed by atoms with Crippen molar-refractivity contribution in [1.29, 1.82) is 0 Å². The van der Waals surface area contributed by atoms with Crippen molar-refractivity contribution in [3.05, 3.63) is 52.6 Å². The zero-order chi connectivity index (χ0) is 18.4. The van der Waals surface area contributed by atoms with Crippen molar-refractivity contribution < 1.29 is 13.6 Å². The first kappa shape index (κ1) is 18.3. The summed E-state index contributed by atoms with van der Waals surface area (Å²) in [6.07, 6.45) is 4.88. The van der Waals surface area contributed by atoms with E-state index in [9.17, 15) is 4.39 Å². The molecule has 1 aromatic carbocycles. The largest absolute Gasteiger partial charge is 0.432 e. The number of hydrogen-bond donors (Lipinski definition) is 2. The van der Waals surface area contributed by atoms with Gasteiger partial charge in [0, 0.05) is 0 Å². The van der Waals surface area contributed by atoms with Crippen LogP contribution in [-0.2, 0) is 4.79 Å². The number of oxazole rings is 1. The molecule has 2 heterocycles. The molecule has 3 aromatic rings. The number of allylic oxidation sites excluding steroid dienone is 3. The smallest absolute Gasteiger partial charge is 0.292 e. The average Bonchev–Trinajstić information content (AvgIpc) is 3.10. The fourth-order valence-electron chi connectivity index (χ4n) is 2.17. The standard InChI is InChI=1S/C16H14FN3OS.CH3NO/c1-9(17)5-12(6-13-8-21-16(18)20-13)11-3-4-14-15(7-11)22-10(2)19-14;2-1-3/h3-8H,1-2H3,(H2,18,20);1H,(H2,2,3)/b9-5+,12-6+;. The lowest BCUT2D eigenvalue weighted by Gasteiger charge is -2.03. The summed E-state index contributed by atoms with van der Waals surface area (Å²) < 4.78 is 19.4. The van der Waals surface area contributed by atoms with Crippen molar-refractivity contribution in [2.45, 2.75) is 13.8 Å². The highest BCUT2D eigenvalue weighted by Gasteiger charge is 2.07. The second-order valence-electron chi connectivity index (χ2n) is 4.99. The first-order chi connectivity index (χ1) is 11.9. The average molecular weight is 360 g/mol. The summed E-state index contributed by atoms with van der Waals surface area (Å²) >= 11 is 1.61. The number of thiazole rings is 1. The van der Waals surface area contributed by atoms with Gasteiger partial charge in [0.1, 0.15) is 12.0 Å². The van der Waals surface area contributed by atoms with Crippen LogP contribution in [0.2, 0.25) is 0 Å². The van der Waals surface area contributed by atoms with Gasteiger partial charge in [-0.1, -0.05) is 6.07 Å². The molecule has 3 rings (SSSR count). The number of nitrogens with zero attached hydrogens (tertiary/aromatic N) is 2. The molecule has 0 aliphatic heterocycles. The molecule has 1 amide bonds. The number of primary amides is 1. The van der Waals surface area contributed by atoms with E-state index in [0.717, 1.165) is 20.8 Å². The predicted molar refractivity (Wildman–Crippen MR) is 98.3 cm³/mol. The first-order valence-corrected chi connectivity index (χ1v) is 8.04. The van der Waals surface area contributed by atoms with Crippen LogP contribution in [0, 0.1) is 6.92 Å². The van der Waals surface area contributed by atoms with Crippen LogP contribution in [-0.4, -0.2) is 16.4 Å². The molecule has 6 nitrogen and oxygen atoms in total. The number of carbonyl (C=O) groups is 1. The zero-order valence-corrected chi connectivity index (χ0v) is 14.5. The lowest BCUT2D eigenvalue weighted by molar-refractivity contribution is -0.106. The van der Waals surface area contributed by atoms with Crippen LogP contribution >= 0.6 is 11.3 Å². The number of rotatable bonds is 3. The van der Waals surface area contributed by atoms with E-state index in [4.69, 9.17) is 14.9 Å². The Morgan fingerprint density at radius 3 is 2.68 bits per heavy atom. The molecule has 0 aliphatic rings. The molecular weight excluding hydrogens is 343 g/mol. The van der Waals surface area contributed by atoms with E-state index in [1.165, 1.54) is 19.3 Å². The summed E-state index contributed by atoms with van der Waals surface area (Å²) in [5.74, 6) is -0.289. The molecule has 0 atom stereocenters. The molecule has 0 bridgehead atoms. The maximum Gasteiger partial charge on any atom is 0.292 e. The van der Waals surface area contributed by atoms with E-state index in [2.05, 4.69) is 15.7 Å². The molecular formula is C17H17FN4O2S. The van der Waals surface area contributed by atoms with Crippen LogP contribution in [0.4, 0.5) is 10.4 Å². The van der Waals surface area contributed by atoms with Crippen molar-refractivity contribution in [3.8, 4) is 0 Å². The lowest BCUT2D eigenvalue weighted by Crippen LogP contribution is -1.85. The Bertz CT molecular complexity index is 939. The van der Waals surface area contributed by atoms with Crippen LogP contribution in [0.25, 0.3) is 21.9 Å². The van der Waals surface area contributed by atoms with Crippen molar-refractivity contribution in [2.24, 2.45) is 5.73 Å². The minimum absolute atomic E-state index is 0.0834. The first-order valence-electron chi connectivity index (χ1n) is 7.22. The van der Waals surface area contributed by atoms with Gasteiger partial charge in [0.05, 0.1) is 21.1 Å². The van der Waals surface area contributed by atoms with E-state index < -0.39 is 0 Å². The van der Waals surface area contributed by atoms with Gasteiger partial charge in [0.25, 0.3) is 6.01 Å². The summed E-state index contributed by atoms with van der Waals surface area (Å²) in [4.78, 5) is 17.0. The van der Waals surface area contributed by atoms with E-state index >= 15 is 0 Å². The highest BCUT2D eigenvalue weighted by molar-refractivity contribution is 7.18. The van der Waals surface area contributed by atoms with Gasteiger partial charge in [-0.2, -0.15) is 4.98 Å². The predicted octanol–water partition coefficient (Wildman–Crippen LogP) is 3.69. The molecule has 4 N–H and O–H groups in total. The topological polar surface area (TPSA) is 108 Å². The number of amides is 1. The fraction of sp³-hybridized carbons (Fsp3) is 0.118. The Morgan fingerprint density at radius 2 is 2.08 bits per heavy atom. The lowest BCUT2D eigenvalue weighted by atomic mass is 10.0. The molecule has 2 aromatic heterocycles. The second kappa shape index (κ2) is 8.20. The Morgan fingerprint density at radius 1 is 1.36 bits per heavy atom. The summed E-state index contributed by atoms with van der Waals surface area (Å²) in [6.45, 7) is 3.37. The molecule has 0 radical (unpaired) electrons. The summed E-state index contributed by atoms with van der Waals surface area (Å²) in [6, 6.07) is 5.92. The Balaban J connectivity index is 0.000000701. The van der Waals surface area contributed by atoms with Crippen molar-refractivity contribution >= 4 is 45.6 Å². The van der Waals surface area contributed by atoms with Gasteiger partial charge in [0.15, 0.2) is 0 Å². The Kier molecular flexibility index (Phi) is 6.02. The minimum Gasteiger partial charge on any atom is -0.432 e. The molecule has 130 valence electrons. The number of aromatic nitrogens is 2. The van der Waals surface area contributed by atoms with Crippen LogP contribution in [0.15, 0.2) is 40.8 Å². The molecule has 0 saturated carbocycles. The number of halogens is 1. The van der Waals surface area contributed by atoms with Gasteiger partial charge in [-0.15, -0.1) is 11.3 Å². The molecule has 25 heavy (non-hydrogen) atoms. The maximum atomic E-state index is 13.4. The number of aryl methyl sites for hydroxylation is 1. The maximum absolute atomic E-state index is 13.4. The monoisotopic (exact) mass is 360 g/mol. The number of nitrogen functional groups attached to an aromatic ring is 1. The third kappa shape index (κ3) is 4.98. The molecule has 0 spiro atoms. The Labute approximate surface area is 147 Å². The SMILES string of the molecule is C/C(F)=C\C(=C/c1coc(N)n1)c1ccc2nc(C)sc2c1.NC=O. The quantitative estimate of drug-likeness (QED) is 0.547. The Hall–Kier alpha value is -3.00. The highest BCUT2D eigenvalue weighted by Crippen LogP contribution is 2.28. The number of fused-ring (bicyclic) bond motifs is 1. The van der Waals surface area contributed by atoms with E-state index in [0.29, 0.717) is 11.3 Å². The minimum atomic E-state index is -0.289. The molecule has 0 saturated heterocycles. The molecule has 8 heteroatoms. The van der Waals surface area contributed by atoms with Crippen LogP contribution < -0.4 is 11.5 Å². The van der Waals surface area contributed by atoms with Crippen molar-refractivity contribution in [2.75, 3.05) is 5.73 Å². The normalized spacial score (nSPS) is 12.0. The van der Waals surface area contributed by atoms with Gasteiger partial charge < -0.3 is 15.9 Å². The number of nitrogens with two attached hydrogens (primary N) is 2. The van der Waals surface area contributed by atoms with Gasteiger partial charge in [0.2, 0.25) is 6.41 Å². The van der Waals surface area contributed by atoms with Gasteiger partial charge in [-0.3, -0.25) is 4.79 Å². The molecule has 0 unspecified atom stereocenters. The van der Waals surface area contributed by atoms with Crippen LogP contribution in [0.3, 0.4) is 0 Å². The van der Waals surface area contributed by atoms with Gasteiger partial charge in [-0.05, 0) is 49.3 Å². The summed E-state index contributed by atoms with van der Waals surface area (Å²) in [5.41, 5.74) is 12.7. The van der Waals surface area contributed by atoms with Gasteiger partial charge in [-0.25, -0.2) is 9.37 Å². The van der Waals surface area contributed by atoms with Gasteiger partial charge >= 0.3 is 0 Å². The van der Waals surface area contributed by atoms with Crippen molar-refractivity contribution in [1.82, 2.24) is 9.97 Å². The number of hydrogen-bond acceptors (Lipinski definition) is 6. The summed E-state index contributed by atoms with van der Waals surface area (Å²) in [7, 11) is 0. The summed E-state index contributed by atoms with van der Waals surface area (Å²) in [5, 5.41) is 0.999. The number of anilines is 1. The van der Waals surface area contributed by atoms with Crippen LogP contribution in [0.1, 0.15) is 23.2 Å². The molecule has 0 aliphatic carbocycles. The molecule has 0 fully saturated rings. The third-order valence-electron chi connectivity index (χ3n) is 3.03. The van der Waals surface area contributed by atoms with Crippen LogP contribution in [0.5, 0.6) is 0 Å². The van der Waals surface area contributed by atoms with E-state index in [1.54, 1.807) is 17.4 Å². The number of benzene rings is 1. The van der Waals surface area contributed by atoms with E-state index in [-0.39, 0.29) is 18.3 Å². The van der Waals surface area contributed by atoms with E-state index in [1.807, 2.05) is 25.1 Å². The third-order valence-corrected chi connectivity index (χ3v) is 3.96. The second-order valence-corrected chi connectivity index (χ2v) is 6.23. The highest BCUT2D eigenvalue weighted by atomic mass is 32.1. The van der Waals surface area contributed by atoms with Crippen molar-refractivity contribution in [3.63, 3.8) is 0 Å². The fourth-order valence-corrected chi connectivity index (χ4v) is 3.03. The zero-order valence-electron chi connectivity index (χ0n) is 13.7. The number of carbonyl (C=O) groups excluding carboxylic acids is 1.